The van der Waals surface area contributed by atoms with Crippen molar-refractivity contribution in [2.24, 2.45) is 0 Å². The molecule has 7 heteroatoms. The SMILES string of the molecule is Cc1ccc(-c2ccc(C=C3NC(=O)N(CC(=O)Nc4cccc(C)c4)C3=O)o2)cc1. The first-order chi connectivity index (χ1) is 14.9. The molecule has 0 saturated carbocycles. The van der Waals surface area contributed by atoms with Crippen LogP contribution >= 0.6 is 0 Å². The number of anilines is 1. The molecule has 4 amide bonds. The zero-order chi connectivity index (χ0) is 22.0. The molecule has 2 heterocycles. The third-order valence-electron chi connectivity index (χ3n) is 4.82. The fourth-order valence-corrected chi connectivity index (χ4v) is 3.23. The third-order valence-corrected chi connectivity index (χ3v) is 4.82. The summed E-state index contributed by atoms with van der Waals surface area (Å²) in [7, 11) is 0. The summed E-state index contributed by atoms with van der Waals surface area (Å²) in [6.45, 7) is 3.52. The zero-order valence-electron chi connectivity index (χ0n) is 17.1. The second kappa shape index (κ2) is 8.31. The molecule has 7 nitrogen and oxygen atoms in total. The van der Waals surface area contributed by atoms with Gasteiger partial charge in [0, 0.05) is 17.3 Å². The number of aryl methyl sites for hydroxylation is 2. The highest BCUT2D eigenvalue weighted by Crippen LogP contribution is 2.24. The summed E-state index contributed by atoms with van der Waals surface area (Å²) in [4.78, 5) is 38.0. The van der Waals surface area contributed by atoms with Crippen LogP contribution in [0.4, 0.5) is 10.5 Å². The number of furan rings is 1. The van der Waals surface area contributed by atoms with Crippen LogP contribution in [-0.2, 0) is 9.59 Å². The quantitative estimate of drug-likeness (QED) is 0.485. The van der Waals surface area contributed by atoms with Crippen LogP contribution in [0.2, 0.25) is 0 Å². The average molecular weight is 415 g/mol. The summed E-state index contributed by atoms with van der Waals surface area (Å²) in [6, 6.07) is 18.0. The van der Waals surface area contributed by atoms with Crippen LogP contribution in [0.15, 0.2) is 70.8 Å². The molecule has 0 spiro atoms. The van der Waals surface area contributed by atoms with Crippen molar-refractivity contribution in [1.29, 1.82) is 0 Å². The van der Waals surface area contributed by atoms with Gasteiger partial charge < -0.3 is 15.1 Å². The van der Waals surface area contributed by atoms with E-state index in [9.17, 15) is 14.4 Å². The topological polar surface area (TPSA) is 91.7 Å². The third kappa shape index (κ3) is 4.56. The first-order valence-corrected chi connectivity index (χ1v) is 9.77. The zero-order valence-corrected chi connectivity index (χ0v) is 17.1. The maximum absolute atomic E-state index is 12.6. The van der Waals surface area contributed by atoms with Crippen LogP contribution in [0.1, 0.15) is 16.9 Å². The number of carbonyl (C=O) groups is 3. The monoisotopic (exact) mass is 415 g/mol. The summed E-state index contributed by atoms with van der Waals surface area (Å²) in [5, 5.41) is 5.19. The number of hydrogen-bond donors (Lipinski definition) is 2. The van der Waals surface area contributed by atoms with E-state index in [2.05, 4.69) is 10.6 Å². The van der Waals surface area contributed by atoms with E-state index in [-0.39, 0.29) is 12.2 Å². The number of urea groups is 1. The second-order valence-electron chi connectivity index (χ2n) is 7.37. The molecule has 2 N–H and O–H groups in total. The van der Waals surface area contributed by atoms with Gasteiger partial charge in [-0.15, -0.1) is 0 Å². The fourth-order valence-electron chi connectivity index (χ4n) is 3.23. The molecule has 0 atom stereocenters. The first kappa shape index (κ1) is 20.2. The van der Waals surface area contributed by atoms with Gasteiger partial charge in [-0.25, -0.2) is 9.69 Å². The van der Waals surface area contributed by atoms with Crippen molar-refractivity contribution in [3.63, 3.8) is 0 Å². The van der Waals surface area contributed by atoms with E-state index in [1.54, 1.807) is 24.3 Å². The number of imide groups is 1. The minimum Gasteiger partial charge on any atom is -0.457 e. The summed E-state index contributed by atoms with van der Waals surface area (Å²) < 4.78 is 5.78. The van der Waals surface area contributed by atoms with Gasteiger partial charge in [0.05, 0.1) is 0 Å². The standard InChI is InChI=1S/C24H21N3O4/c1-15-6-8-17(9-7-15)21-11-10-19(31-21)13-20-23(29)27(24(30)26-20)14-22(28)25-18-5-3-4-16(2)12-18/h3-13H,14H2,1-2H3,(H,25,28)(H,26,30). The molecule has 0 radical (unpaired) electrons. The van der Waals surface area contributed by atoms with E-state index in [4.69, 9.17) is 4.42 Å². The van der Waals surface area contributed by atoms with Crippen LogP contribution in [0.25, 0.3) is 17.4 Å². The van der Waals surface area contributed by atoms with E-state index < -0.39 is 17.8 Å². The van der Waals surface area contributed by atoms with Crippen molar-refractivity contribution < 1.29 is 18.8 Å². The van der Waals surface area contributed by atoms with Crippen molar-refractivity contribution in [3.05, 3.63) is 83.2 Å². The van der Waals surface area contributed by atoms with Crippen LogP contribution in [0, 0.1) is 13.8 Å². The lowest BCUT2D eigenvalue weighted by atomic mass is 10.1. The maximum atomic E-state index is 12.6. The lowest BCUT2D eigenvalue weighted by Crippen LogP contribution is -2.38. The number of carbonyl (C=O) groups excluding carboxylic acids is 3. The fraction of sp³-hybridized carbons (Fsp3) is 0.125. The molecule has 156 valence electrons. The molecule has 0 unspecified atom stereocenters. The molecule has 1 saturated heterocycles. The number of amides is 4. The Morgan fingerprint density at radius 2 is 1.81 bits per heavy atom. The molecule has 1 aliphatic rings. The summed E-state index contributed by atoms with van der Waals surface area (Å²) in [6.07, 6.45) is 1.45. The van der Waals surface area contributed by atoms with Crippen molar-refractivity contribution in [2.45, 2.75) is 13.8 Å². The molecule has 0 bridgehead atoms. The van der Waals surface area contributed by atoms with E-state index in [0.29, 0.717) is 17.2 Å². The van der Waals surface area contributed by atoms with Crippen LogP contribution in [0.3, 0.4) is 0 Å². The molecule has 31 heavy (non-hydrogen) atoms. The van der Waals surface area contributed by atoms with Gasteiger partial charge in [0.25, 0.3) is 5.91 Å². The summed E-state index contributed by atoms with van der Waals surface area (Å²) in [5.41, 5.74) is 3.70. The molecule has 1 fully saturated rings. The number of hydrogen-bond acceptors (Lipinski definition) is 4. The van der Waals surface area contributed by atoms with Gasteiger partial charge in [-0.2, -0.15) is 0 Å². The lowest BCUT2D eigenvalue weighted by molar-refractivity contribution is -0.127. The van der Waals surface area contributed by atoms with Crippen LogP contribution in [-0.4, -0.2) is 29.3 Å². The van der Waals surface area contributed by atoms with Crippen LogP contribution in [0.5, 0.6) is 0 Å². The smallest absolute Gasteiger partial charge is 0.329 e. The van der Waals surface area contributed by atoms with Crippen LogP contribution < -0.4 is 10.6 Å². The van der Waals surface area contributed by atoms with Gasteiger partial charge in [0.2, 0.25) is 5.91 Å². The van der Waals surface area contributed by atoms with Gasteiger partial charge in [0.1, 0.15) is 23.8 Å². The molecule has 4 rings (SSSR count). The first-order valence-electron chi connectivity index (χ1n) is 9.77. The lowest BCUT2D eigenvalue weighted by Gasteiger charge is -2.12. The Morgan fingerprint density at radius 3 is 2.55 bits per heavy atom. The van der Waals surface area contributed by atoms with Gasteiger partial charge in [0.15, 0.2) is 0 Å². The Labute approximate surface area is 179 Å². The Kier molecular flexibility index (Phi) is 5.41. The minimum absolute atomic E-state index is 0.0539. The summed E-state index contributed by atoms with van der Waals surface area (Å²) in [5.74, 6) is 0.0241. The van der Waals surface area contributed by atoms with Crippen molar-refractivity contribution in [2.75, 3.05) is 11.9 Å². The van der Waals surface area contributed by atoms with Crippen molar-refractivity contribution in [3.8, 4) is 11.3 Å². The van der Waals surface area contributed by atoms with Gasteiger partial charge in [-0.05, 0) is 43.7 Å². The number of nitrogens with zero attached hydrogens (tertiary/aromatic N) is 1. The molecule has 2 aromatic carbocycles. The summed E-state index contributed by atoms with van der Waals surface area (Å²) >= 11 is 0. The predicted molar refractivity (Wildman–Crippen MR) is 117 cm³/mol. The van der Waals surface area contributed by atoms with Gasteiger partial charge in [-0.3, -0.25) is 9.59 Å². The van der Waals surface area contributed by atoms with E-state index in [1.807, 2.05) is 50.2 Å². The van der Waals surface area contributed by atoms with Gasteiger partial charge >= 0.3 is 6.03 Å². The average Bonchev–Trinajstić information content (AvgIpc) is 3.29. The minimum atomic E-state index is -0.652. The molecule has 0 aliphatic carbocycles. The van der Waals surface area contributed by atoms with Crippen molar-refractivity contribution >= 4 is 29.6 Å². The highest BCUT2D eigenvalue weighted by molar-refractivity contribution is 6.15. The van der Waals surface area contributed by atoms with Crippen molar-refractivity contribution in [1.82, 2.24) is 10.2 Å². The molecule has 3 aromatic rings. The van der Waals surface area contributed by atoms with Gasteiger partial charge in [-0.1, -0.05) is 42.0 Å². The number of nitrogens with one attached hydrogen (secondary N) is 2. The Balaban J connectivity index is 1.45. The number of benzene rings is 2. The maximum Gasteiger partial charge on any atom is 0.329 e. The van der Waals surface area contributed by atoms with E-state index >= 15 is 0 Å². The molecular formula is C24H21N3O4. The highest BCUT2D eigenvalue weighted by atomic mass is 16.3. The normalized spacial score (nSPS) is 14.8. The van der Waals surface area contributed by atoms with E-state index in [1.165, 1.54) is 6.08 Å². The molecule has 1 aromatic heterocycles. The molecule has 1 aliphatic heterocycles. The Hall–Kier alpha value is -4.13. The highest BCUT2D eigenvalue weighted by Gasteiger charge is 2.35. The molecular weight excluding hydrogens is 394 g/mol. The number of rotatable bonds is 5. The van der Waals surface area contributed by atoms with E-state index in [0.717, 1.165) is 21.6 Å². The predicted octanol–water partition coefficient (Wildman–Crippen LogP) is 4.09. The largest absolute Gasteiger partial charge is 0.457 e. The Bertz CT molecular complexity index is 1190. The second-order valence-corrected chi connectivity index (χ2v) is 7.37. The Morgan fingerprint density at radius 1 is 1.03 bits per heavy atom.